The van der Waals surface area contributed by atoms with Gasteiger partial charge in [0.15, 0.2) is 5.65 Å². The molecule has 0 saturated heterocycles. The number of rotatable bonds is 6. The first-order valence-corrected chi connectivity index (χ1v) is 10.2. The Morgan fingerprint density at radius 3 is 2.66 bits per heavy atom. The number of hydrogen-bond donors (Lipinski definition) is 1. The molecule has 5 heterocycles. The van der Waals surface area contributed by atoms with Gasteiger partial charge in [0.2, 0.25) is 0 Å². The van der Waals surface area contributed by atoms with Crippen molar-refractivity contribution in [3.05, 3.63) is 96.6 Å². The van der Waals surface area contributed by atoms with Crippen LogP contribution < -0.4 is 5.32 Å². The predicted octanol–water partition coefficient (Wildman–Crippen LogP) is 4.02. The Labute approximate surface area is 184 Å². The maximum Gasteiger partial charge on any atom is 0.252 e. The SMILES string of the molecule is CC(NC(=O)c1cc(-c2cccnc2)nc2c1cnn2Cc1ccco1)c1cccnc1. The van der Waals surface area contributed by atoms with E-state index in [9.17, 15) is 4.79 Å². The van der Waals surface area contributed by atoms with Crippen molar-refractivity contribution in [3.8, 4) is 11.3 Å². The zero-order chi connectivity index (χ0) is 21.9. The van der Waals surface area contributed by atoms with Gasteiger partial charge in [-0.15, -0.1) is 0 Å². The molecule has 8 heteroatoms. The van der Waals surface area contributed by atoms with Crippen LogP contribution >= 0.6 is 0 Å². The molecule has 0 bridgehead atoms. The van der Waals surface area contributed by atoms with Gasteiger partial charge in [0.05, 0.1) is 35.1 Å². The quantitative estimate of drug-likeness (QED) is 0.442. The predicted molar refractivity (Wildman–Crippen MR) is 119 cm³/mol. The summed E-state index contributed by atoms with van der Waals surface area (Å²) < 4.78 is 7.20. The molecule has 0 aromatic carbocycles. The van der Waals surface area contributed by atoms with E-state index in [1.807, 2.05) is 43.3 Å². The molecule has 1 unspecified atom stereocenters. The van der Waals surface area contributed by atoms with E-state index in [2.05, 4.69) is 20.4 Å². The molecule has 0 aliphatic heterocycles. The van der Waals surface area contributed by atoms with Gasteiger partial charge >= 0.3 is 0 Å². The van der Waals surface area contributed by atoms with Gasteiger partial charge in [-0.3, -0.25) is 14.8 Å². The molecule has 8 nitrogen and oxygen atoms in total. The summed E-state index contributed by atoms with van der Waals surface area (Å²) in [7, 11) is 0. The fourth-order valence-electron chi connectivity index (χ4n) is 3.55. The molecule has 0 aliphatic carbocycles. The first-order chi connectivity index (χ1) is 15.7. The van der Waals surface area contributed by atoms with E-state index in [-0.39, 0.29) is 11.9 Å². The van der Waals surface area contributed by atoms with E-state index >= 15 is 0 Å². The molecule has 0 spiro atoms. The molecule has 1 atom stereocenters. The minimum absolute atomic E-state index is 0.209. The molecular weight excluding hydrogens is 404 g/mol. The lowest BCUT2D eigenvalue weighted by Crippen LogP contribution is -2.27. The summed E-state index contributed by atoms with van der Waals surface area (Å²) in [5.41, 5.74) is 3.48. The number of furan rings is 1. The summed E-state index contributed by atoms with van der Waals surface area (Å²) in [6.45, 7) is 2.34. The first kappa shape index (κ1) is 19.6. The molecule has 32 heavy (non-hydrogen) atoms. The Bertz CT molecular complexity index is 1350. The number of aromatic nitrogens is 5. The van der Waals surface area contributed by atoms with Crippen LogP contribution in [0.2, 0.25) is 0 Å². The summed E-state index contributed by atoms with van der Waals surface area (Å²) >= 11 is 0. The van der Waals surface area contributed by atoms with Crippen molar-refractivity contribution in [1.29, 1.82) is 0 Å². The third-order valence-corrected chi connectivity index (χ3v) is 5.23. The van der Waals surface area contributed by atoms with E-state index in [0.29, 0.717) is 28.8 Å². The number of fused-ring (bicyclic) bond motifs is 1. The standard InChI is InChI=1S/C24H20N6O2/c1-16(17-5-2-8-25-12-17)28-24(31)20-11-22(18-6-3-9-26-13-18)29-23-21(20)14-27-30(23)15-19-7-4-10-32-19/h2-14,16H,15H2,1H3,(H,28,31). The molecular formula is C24H20N6O2. The Morgan fingerprint density at radius 2 is 1.94 bits per heavy atom. The van der Waals surface area contributed by atoms with Gasteiger partial charge in [-0.05, 0) is 48.9 Å². The van der Waals surface area contributed by atoms with Crippen LogP contribution in [0.4, 0.5) is 0 Å². The lowest BCUT2D eigenvalue weighted by Gasteiger charge is -2.15. The lowest BCUT2D eigenvalue weighted by atomic mass is 10.1. The maximum atomic E-state index is 13.3. The van der Waals surface area contributed by atoms with Crippen LogP contribution in [-0.2, 0) is 6.54 Å². The zero-order valence-corrected chi connectivity index (χ0v) is 17.3. The molecule has 5 aromatic rings. The number of pyridine rings is 3. The average molecular weight is 424 g/mol. The molecule has 158 valence electrons. The van der Waals surface area contributed by atoms with Gasteiger partial charge in [0.1, 0.15) is 12.3 Å². The maximum absolute atomic E-state index is 13.3. The summed E-state index contributed by atoms with van der Waals surface area (Å²) in [6, 6.07) is 12.8. The van der Waals surface area contributed by atoms with E-state index in [0.717, 1.165) is 16.9 Å². The smallest absolute Gasteiger partial charge is 0.252 e. The number of nitrogens with zero attached hydrogens (tertiary/aromatic N) is 5. The van der Waals surface area contributed by atoms with Crippen LogP contribution in [0.15, 0.2) is 84.1 Å². The lowest BCUT2D eigenvalue weighted by molar-refractivity contribution is 0.0941. The van der Waals surface area contributed by atoms with Gasteiger partial charge in [-0.2, -0.15) is 5.10 Å². The second kappa shape index (κ2) is 8.43. The van der Waals surface area contributed by atoms with Gasteiger partial charge in [0.25, 0.3) is 5.91 Å². The third-order valence-electron chi connectivity index (χ3n) is 5.23. The monoisotopic (exact) mass is 424 g/mol. The number of carbonyl (C=O) groups is 1. The van der Waals surface area contributed by atoms with Crippen molar-refractivity contribution in [1.82, 2.24) is 30.0 Å². The van der Waals surface area contributed by atoms with Crippen LogP contribution in [-0.4, -0.2) is 30.6 Å². The topological polar surface area (TPSA) is 98.7 Å². The number of hydrogen-bond acceptors (Lipinski definition) is 6. The van der Waals surface area contributed by atoms with Crippen molar-refractivity contribution in [3.63, 3.8) is 0 Å². The van der Waals surface area contributed by atoms with Crippen molar-refractivity contribution < 1.29 is 9.21 Å². The molecule has 5 rings (SSSR count). The van der Waals surface area contributed by atoms with Crippen molar-refractivity contribution in [2.24, 2.45) is 0 Å². The second-order valence-corrected chi connectivity index (χ2v) is 7.40. The van der Waals surface area contributed by atoms with Crippen LogP contribution in [0.25, 0.3) is 22.3 Å². The highest BCUT2D eigenvalue weighted by atomic mass is 16.3. The summed E-state index contributed by atoms with van der Waals surface area (Å²) in [6.07, 6.45) is 10.2. The zero-order valence-electron chi connectivity index (χ0n) is 17.3. The minimum atomic E-state index is -0.212. The normalized spacial score (nSPS) is 12.0. The highest BCUT2D eigenvalue weighted by molar-refractivity contribution is 6.06. The highest BCUT2D eigenvalue weighted by Gasteiger charge is 2.20. The fraction of sp³-hybridized carbons (Fsp3) is 0.125. The molecule has 0 radical (unpaired) electrons. The molecule has 0 fully saturated rings. The van der Waals surface area contributed by atoms with E-state index in [4.69, 9.17) is 9.40 Å². The summed E-state index contributed by atoms with van der Waals surface area (Å²) in [5.74, 6) is 0.538. The van der Waals surface area contributed by atoms with Gasteiger partial charge in [-0.1, -0.05) is 6.07 Å². The van der Waals surface area contributed by atoms with E-state index in [1.54, 1.807) is 48.0 Å². The Hall–Kier alpha value is -4.33. The van der Waals surface area contributed by atoms with Crippen molar-refractivity contribution in [2.45, 2.75) is 19.5 Å². The second-order valence-electron chi connectivity index (χ2n) is 7.40. The molecule has 1 amide bonds. The van der Waals surface area contributed by atoms with E-state index in [1.165, 1.54) is 0 Å². The first-order valence-electron chi connectivity index (χ1n) is 10.2. The number of amides is 1. The largest absolute Gasteiger partial charge is 0.467 e. The van der Waals surface area contributed by atoms with E-state index < -0.39 is 0 Å². The van der Waals surface area contributed by atoms with Crippen LogP contribution in [0, 0.1) is 0 Å². The average Bonchev–Trinajstić information content (AvgIpc) is 3.50. The summed E-state index contributed by atoms with van der Waals surface area (Å²) in [4.78, 5) is 26.4. The Kier molecular flexibility index (Phi) is 5.17. The molecule has 0 saturated carbocycles. The Balaban J connectivity index is 1.57. The van der Waals surface area contributed by atoms with Crippen molar-refractivity contribution >= 4 is 16.9 Å². The Morgan fingerprint density at radius 1 is 1.09 bits per heavy atom. The van der Waals surface area contributed by atoms with Crippen molar-refractivity contribution in [2.75, 3.05) is 0 Å². The number of nitrogens with one attached hydrogen (secondary N) is 1. The molecule has 0 aliphatic rings. The fourth-order valence-corrected chi connectivity index (χ4v) is 3.55. The molecule has 1 N–H and O–H groups in total. The van der Waals surface area contributed by atoms with Crippen LogP contribution in [0.3, 0.4) is 0 Å². The number of carbonyl (C=O) groups excluding carboxylic acids is 1. The highest BCUT2D eigenvalue weighted by Crippen LogP contribution is 2.26. The minimum Gasteiger partial charge on any atom is -0.467 e. The summed E-state index contributed by atoms with van der Waals surface area (Å²) in [5, 5.41) is 8.20. The molecule has 5 aromatic heterocycles. The third kappa shape index (κ3) is 3.85. The van der Waals surface area contributed by atoms with Gasteiger partial charge in [-0.25, -0.2) is 9.67 Å². The van der Waals surface area contributed by atoms with Gasteiger partial charge in [0, 0.05) is 30.4 Å². The van der Waals surface area contributed by atoms with Crippen LogP contribution in [0.1, 0.15) is 34.6 Å². The van der Waals surface area contributed by atoms with Crippen LogP contribution in [0.5, 0.6) is 0 Å². The van der Waals surface area contributed by atoms with Gasteiger partial charge < -0.3 is 9.73 Å².